The summed E-state index contributed by atoms with van der Waals surface area (Å²) in [6.07, 6.45) is 0. The van der Waals surface area contributed by atoms with Crippen LogP contribution in [0.5, 0.6) is 0 Å². The molecule has 0 amide bonds. The molecule has 0 fully saturated rings. The van der Waals surface area contributed by atoms with E-state index in [-0.39, 0.29) is 12.0 Å². The normalized spacial score (nSPS) is 17.8. The van der Waals surface area contributed by atoms with Crippen molar-refractivity contribution in [2.24, 2.45) is 0 Å². The highest BCUT2D eigenvalue weighted by Crippen LogP contribution is 2.54. The van der Waals surface area contributed by atoms with E-state index in [1.807, 2.05) is 35.7 Å². The first-order chi connectivity index (χ1) is 9.63. The number of thioether (sulfide) groups is 2. The van der Waals surface area contributed by atoms with Crippen molar-refractivity contribution in [1.29, 1.82) is 0 Å². The Kier molecular flexibility index (Phi) is 4.18. The first-order valence-corrected chi connectivity index (χ1v) is 8.98. The summed E-state index contributed by atoms with van der Waals surface area (Å²) < 4.78 is 1.36. The molecule has 0 radical (unpaired) electrons. The van der Waals surface area contributed by atoms with Gasteiger partial charge in [-0.2, -0.15) is 0 Å². The lowest BCUT2D eigenvalue weighted by Crippen LogP contribution is -2.35. The van der Waals surface area contributed by atoms with Gasteiger partial charge >= 0.3 is 0 Å². The Morgan fingerprint density at radius 2 is 1.60 bits per heavy atom. The highest BCUT2D eigenvalue weighted by molar-refractivity contribution is 9.10. The van der Waals surface area contributed by atoms with Gasteiger partial charge in [-0.25, -0.2) is 0 Å². The zero-order valence-corrected chi connectivity index (χ0v) is 14.3. The zero-order valence-electron chi connectivity index (χ0n) is 11.0. The molecule has 1 aliphatic rings. The van der Waals surface area contributed by atoms with Crippen LogP contribution < -0.4 is 0 Å². The van der Waals surface area contributed by atoms with Gasteiger partial charge in [-0.05, 0) is 29.8 Å². The third kappa shape index (κ3) is 2.54. The second-order valence-electron chi connectivity index (χ2n) is 5.10. The predicted molar refractivity (Wildman–Crippen MR) is 90.5 cm³/mol. The SMILES string of the molecule is C[C@](CO)(c1ccc(Br)cc1)C1Sc2ccccc2S1. The minimum Gasteiger partial charge on any atom is -0.395 e. The van der Waals surface area contributed by atoms with Gasteiger partial charge < -0.3 is 5.11 Å². The number of halogens is 1. The van der Waals surface area contributed by atoms with Gasteiger partial charge in [-0.1, -0.05) is 47.1 Å². The van der Waals surface area contributed by atoms with Crippen molar-refractivity contribution >= 4 is 39.5 Å². The fraction of sp³-hybridized carbons (Fsp3) is 0.250. The van der Waals surface area contributed by atoms with E-state index in [1.165, 1.54) is 15.4 Å². The maximum Gasteiger partial charge on any atom is 0.0713 e. The average molecular weight is 367 g/mol. The van der Waals surface area contributed by atoms with Crippen LogP contribution in [0.2, 0.25) is 0 Å². The molecule has 0 spiro atoms. The summed E-state index contributed by atoms with van der Waals surface area (Å²) in [5.41, 5.74) is 0.927. The molecule has 0 bridgehead atoms. The summed E-state index contributed by atoms with van der Waals surface area (Å²) in [7, 11) is 0. The quantitative estimate of drug-likeness (QED) is 0.831. The molecule has 1 nitrogen and oxygen atoms in total. The fourth-order valence-corrected chi connectivity index (χ4v) is 5.75. The number of aliphatic hydroxyl groups is 1. The molecule has 0 saturated heterocycles. The highest BCUT2D eigenvalue weighted by Gasteiger charge is 2.40. The van der Waals surface area contributed by atoms with E-state index in [1.54, 1.807) is 0 Å². The van der Waals surface area contributed by atoms with Crippen LogP contribution in [0.25, 0.3) is 0 Å². The van der Waals surface area contributed by atoms with Crippen molar-refractivity contribution in [2.45, 2.75) is 26.7 Å². The van der Waals surface area contributed by atoms with Gasteiger partial charge in [-0.3, -0.25) is 0 Å². The van der Waals surface area contributed by atoms with E-state index in [2.05, 4.69) is 59.3 Å². The molecule has 0 saturated carbocycles. The van der Waals surface area contributed by atoms with Crippen LogP contribution in [0, 0.1) is 0 Å². The van der Waals surface area contributed by atoms with Crippen LogP contribution >= 0.6 is 39.5 Å². The number of rotatable bonds is 3. The Hall–Kier alpha value is -0.420. The molecule has 1 N–H and O–H groups in total. The van der Waals surface area contributed by atoms with Crippen molar-refractivity contribution < 1.29 is 5.11 Å². The summed E-state index contributed by atoms with van der Waals surface area (Å²) in [6, 6.07) is 16.8. The third-order valence-corrected chi connectivity index (χ3v) is 7.59. The van der Waals surface area contributed by atoms with Gasteiger partial charge in [0.25, 0.3) is 0 Å². The zero-order chi connectivity index (χ0) is 14.2. The Morgan fingerprint density at radius 1 is 1.05 bits per heavy atom. The van der Waals surface area contributed by atoms with E-state index in [0.29, 0.717) is 4.58 Å². The van der Waals surface area contributed by atoms with Crippen molar-refractivity contribution in [1.82, 2.24) is 0 Å². The van der Waals surface area contributed by atoms with Gasteiger partial charge in [-0.15, -0.1) is 23.5 Å². The first kappa shape index (κ1) is 14.5. The maximum absolute atomic E-state index is 10.0. The van der Waals surface area contributed by atoms with Crippen molar-refractivity contribution in [3.63, 3.8) is 0 Å². The van der Waals surface area contributed by atoms with Crippen LogP contribution in [-0.4, -0.2) is 16.3 Å². The van der Waals surface area contributed by atoms with Gasteiger partial charge in [0.2, 0.25) is 0 Å². The van der Waals surface area contributed by atoms with E-state index >= 15 is 0 Å². The molecule has 4 heteroatoms. The fourth-order valence-electron chi connectivity index (χ4n) is 2.29. The van der Waals surface area contributed by atoms with Crippen LogP contribution in [0.1, 0.15) is 12.5 Å². The third-order valence-electron chi connectivity index (χ3n) is 3.67. The molecule has 0 aromatic heterocycles. The maximum atomic E-state index is 10.0. The lowest BCUT2D eigenvalue weighted by molar-refractivity contribution is 0.217. The van der Waals surface area contributed by atoms with E-state index in [0.717, 1.165) is 4.47 Å². The number of hydrogen-bond donors (Lipinski definition) is 1. The lowest BCUT2D eigenvalue weighted by Gasteiger charge is -2.33. The molecule has 1 aliphatic heterocycles. The van der Waals surface area contributed by atoms with Gasteiger partial charge in [0, 0.05) is 19.7 Å². The summed E-state index contributed by atoms with van der Waals surface area (Å²) >= 11 is 7.18. The minimum absolute atomic E-state index is 0.146. The molecular formula is C16H15BrOS2. The van der Waals surface area contributed by atoms with Gasteiger partial charge in [0.1, 0.15) is 0 Å². The summed E-state index contributed by atoms with van der Waals surface area (Å²) in [6.45, 7) is 2.29. The van der Waals surface area contributed by atoms with Crippen LogP contribution in [0.3, 0.4) is 0 Å². The second-order valence-corrected chi connectivity index (χ2v) is 8.60. The molecule has 0 aliphatic carbocycles. The molecule has 0 unspecified atom stereocenters. The topological polar surface area (TPSA) is 20.2 Å². The lowest BCUT2D eigenvalue weighted by atomic mass is 9.85. The standard InChI is InChI=1S/C16H15BrOS2/c1-16(10-18,11-6-8-12(17)9-7-11)15-19-13-4-2-3-5-14(13)20-15/h2-9,15,18H,10H2,1H3/t16-/m0/s1. The van der Waals surface area contributed by atoms with Crippen molar-refractivity contribution in [2.75, 3.05) is 6.61 Å². The van der Waals surface area contributed by atoms with Gasteiger partial charge in [0.05, 0.1) is 11.2 Å². The van der Waals surface area contributed by atoms with E-state index in [9.17, 15) is 5.11 Å². The van der Waals surface area contributed by atoms with Crippen molar-refractivity contribution in [3.8, 4) is 0 Å². The molecule has 20 heavy (non-hydrogen) atoms. The van der Waals surface area contributed by atoms with E-state index < -0.39 is 0 Å². The Bertz CT molecular complexity index is 589. The molecule has 3 rings (SSSR count). The summed E-state index contributed by atoms with van der Waals surface area (Å²) in [5.74, 6) is 0. The van der Waals surface area contributed by atoms with Gasteiger partial charge in [0.15, 0.2) is 0 Å². The second kappa shape index (κ2) is 5.76. The molecule has 1 heterocycles. The number of benzene rings is 2. The smallest absolute Gasteiger partial charge is 0.0713 e. The average Bonchev–Trinajstić information content (AvgIpc) is 2.91. The number of hydrogen-bond acceptors (Lipinski definition) is 3. The summed E-state index contributed by atoms with van der Waals surface area (Å²) in [4.78, 5) is 2.64. The minimum atomic E-state index is -0.255. The molecule has 104 valence electrons. The van der Waals surface area contributed by atoms with Crippen LogP contribution in [0.4, 0.5) is 0 Å². The predicted octanol–water partition coefficient (Wildman–Crippen LogP) is 4.92. The number of aliphatic hydroxyl groups excluding tert-OH is 1. The molecule has 1 atom stereocenters. The largest absolute Gasteiger partial charge is 0.395 e. The number of fused-ring (bicyclic) bond motifs is 1. The molecule has 2 aromatic rings. The van der Waals surface area contributed by atoms with Crippen molar-refractivity contribution in [3.05, 3.63) is 58.6 Å². The van der Waals surface area contributed by atoms with Crippen LogP contribution in [-0.2, 0) is 5.41 Å². The summed E-state index contributed by atoms with van der Waals surface area (Å²) in [5, 5.41) is 10.0. The molecular weight excluding hydrogens is 352 g/mol. The first-order valence-electron chi connectivity index (χ1n) is 6.43. The Balaban J connectivity index is 1.93. The Morgan fingerprint density at radius 3 is 2.10 bits per heavy atom. The monoisotopic (exact) mass is 366 g/mol. The highest BCUT2D eigenvalue weighted by atomic mass is 79.9. The Labute approximate surface area is 136 Å². The molecule has 2 aromatic carbocycles. The van der Waals surface area contributed by atoms with E-state index in [4.69, 9.17) is 0 Å². The van der Waals surface area contributed by atoms with Crippen LogP contribution in [0.15, 0.2) is 62.8 Å².